The van der Waals surface area contributed by atoms with Crippen LogP contribution in [0.1, 0.15) is 0 Å². The number of aryl methyl sites for hydroxylation is 1. The first-order valence-electron chi connectivity index (χ1n) is 6.03. The lowest BCUT2D eigenvalue weighted by atomic mass is 10.3. The van der Waals surface area contributed by atoms with Crippen molar-refractivity contribution < 1.29 is 0 Å². The number of benzene rings is 1. The van der Waals surface area contributed by atoms with Crippen LogP contribution < -0.4 is 5.56 Å². The molecule has 1 aromatic carbocycles. The lowest BCUT2D eigenvalue weighted by Gasteiger charge is -2.08. The number of pyridine rings is 2. The Bertz CT molecular complexity index is 827. The average molecular weight is 347 g/mol. The van der Waals surface area contributed by atoms with Crippen LogP contribution in [0.15, 0.2) is 67.7 Å². The van der Waals surface area contributed by atoms with Gasteiger partial charge in [-0.15, -0.1) is 0 Å². The van der Waals surface area contributed by atoms with Gasteiger partial charge in [0.15, 0.2) is 0 Å². The van der Waals surface area contributed by atoms with Gasteiger partial charge in [0.05, 0.1) is 0 Å². The molecule has 0 aliphatic rings. The molecule has 0 N–H and O–H groups in total. The van der Waals surface area contributed by atoms with E-state index in [9.17, 15) is 4.79 Å². The Hall–Kier alpha value is -1.59. The molecule has 3 aromatic rings. The number of hydrogen-bond acceptors (Lipinski definition) is 3. The summed E-state index contributed by atoms with van der Waals surface area (Å²) in [6.07, 6.45) is 1.70. The number of rotatable bonds is 2. The van der Waals surface area contributed by atoms with E-state index < -0.39 is 0 Å². The molecule has 5 heteroatoms. The Morgan fingerprint density at radius 3 is 2.70 bits per heavy atom. The molecule has 0 fully saturated rings. The van der Waals surface area contributed by atoms with E-state index in [0.29, 0.717) is 5.65 Å². The highest BCUT2D eigenvalue weighted by atomic mass is 79.9. The van der Waals surface area contributed by atoms with Gasteiger partial charge in [0.1, 0.15) is 5.65 Å². The van der Waals surface area contributed by atoms with Gasteiger partial charge in [0.2, 0.25) is 0 Å². The molecule has 0 saturated carbocycles. The number of aromatic nitrogens is 2. The van der Waals surface area contributed by atoms with Crippen molar-refractivity contribution in [3.05, 3.63) is 63.5 Å². The summed E-state index contributed by atoms with van der Waals surface area (Å²) in [5.74, 6) is 0. The van der Waals surface area contributed by atoms with E-state index in [1.165, 1.54) is 0 Å². The maximum Gasteiger partial charge on any atom is 0.253 e. The number of halogens is 1. The summed E-state index contributed by atoms with van der Waals surface area (Å²) in [5.41, 5.74) is 0.662. The Morgan fingerprint density at radius 1 is 1.20 bits per heavy atom. The van der Waals surface area contributed by atoms with Crippen LogP contribution in [0.2, 0.25) is 0 Å². The van der Waals surface area contributed by atoms with Crippen molar-refractivity contribution in [2.45, 2.75) is 9.79 Å². The fraction of sp³-hybridized carbons (Fsp3) is 0.0667. The zero-order valence-electron chi connectivity index (χ0n) is 10.7. The van der Waals surface area contributed by atoms with E-state index >= 15 is 0 Å². The maximum absolute atomic E-state index is 12.0. The molecule has 3 nitrogen and oxygen atoms in total. The van der Waals surface area contributed by atoms with Crippen LogP contribution >= 0.6 is 27.7 Å². The first-order chi connectivity index (χ1) is 9.65. The Labute approximate surface area is 128 Å². The van der Waals surface area contributed by atoms with Gasteiger partial charge in [0, 0.05) is 39.0 Å². The van der Waals surface area contributed by atoms with Crippen molar-refractivity contribution in [3.63, 3.8) is 0 Å². The Kier molecular flexibility index (Phi) is 3.63. The standard InChI is InChI=1S/C15H11BrN2OS/c1-18-14(19)9-13(12-3-2-8-17-15(12)18)20-11-6-4-10(16)5-7-11/h2-9H,1H3. The van der Waals surface area contributed by atoms with E-state index in [-0.39, 0.29) is 5.56 Å². The normalized spacial score (nSPS) is 10.9. The summed E-state index contributed by atoms with van der Waals surface area (Å²) in [7, 11) is 1.74. The van der Waals surface area contributed by atoms with Crippen molar-refractivity contribution >= 4 is 38.7 Å². The van der Waals surface area contributed by atoms with Crippen LogP contribution in [-0.4, -0.2) is 9.55 Å². The second-order valence-corrected chi connectivity index (χ2v) is 6.37. The number of nitrogens with zero attached hydrogens (tertiary/aromatic N) is 2. The smallest absolute Gasteiger partial charge is 0.253 e. The molecule has 2 aromatic heterocycles. The van der Waals surface area contributed by atoms with Crippen LogP contribution in [-0.2, 0) is 7.05 Å². The number of fused-ring (bicyclic) bond motifs is 1. The second kappa shape index (κ2) is 5.42. The van der Waals surface area contributed by atoms with Crippen molar-refractivity contribution in [1.29, 1.82) is 0 Å². The van der Waals surface area contributed by atoms with Crippen molar-refractivity contribution in [1.82, 2.24) is 9.55 Å². The van der Waals surface area contributed by atoms with E-state index in [4.69, 9.17) is 0 Å². The van der Waals surface area contributed by atoms with Crippen LogP contribution in [0.4, 0.5) is 0 Å². The summed E-state index contributed by atoms with van der Waals surface area (Å²) in [6, 6.07) is 13.6. The first kappa shape index (κ1) is 13.4. The predicted molar refractivity (Wildman–Crippen MR) is 85.2 cm³/mol. The highest BCUT2D eigenvalue weighted by molar-refractivity contribution is 9.10. The summed E-state index contributed by atoms with van der Waals surface area (Å²) in [6.45, 7) is 0. The molecule has 0 spiro atoms. The van der Waals surface area contributed by atoms with Crippen molar-refractivity contribution in [3.8, 4) is 0 Å². The lowest BCUT2D eigenvalue weighted by molar-refractivity contribution is 0.880. The summed E-state index contributed by atoms with van der Waals surface area (Å²) >= 11 is 4.99. The van der Waals surface area contributed by atoms with Crippen LogP contribution in [0.3, 0.4) is 0 Å². The largest absolute Gasteiger partial charge is 0.296 e. The van der Waals surface area contributed by atoms with Crippen LogP contribution in [0.25, 0.3) is 11.0 Å². The highest BCUT2D eigenvalue weighted by Crippen LogP contribution is 2.32. The minimum atomic E-state index is -0.0455. The van der Waals surface area contributed by atoms with Crippen LogP contribution in [0, 0.1) is 0 Å². The van der Waals surface area contributed by atoms with Gasteiger partial charge in [-0.2, -0.15) is 0 Å². The fourth-order valence-electron chi connectivity index (χ4n) is 1.96. The number of hydrogen-bond donors (Lipinski definition) is 0. The maximum atomic E-state index is 12.0. The molecule has 0 aliphatic heterocycles. The summed E-state index contributed by atoms with van der Waals surface area (Å²) < 4.78 is 2.61. The molecule has 0 aliphatic carbocycles. The van der Waals surface area contributed by atoms with E-state index in [1.807, 2.05) is 36.4 Å². The molecule has 2 heterocycles. The van der Waals surface area contributed by atoms with Gasteiger partial charge in [-0.1, -0.05) is 27.7 Å². The first-order valence-corrected chi connectivity index (χ1v) is 7.64. The van der Waals surface area contributed by atoms with Gasteiger partial charge < -0.3 is 0 Å². The molecule has 0 radical (unpaired) electrons. The summed E-state index contributed by atoms with van der Waals surface area (Å²) in [5, 5.41) is 0.988. The fourth-order valence-corrected chi connectivity index (χ4v) is 3.18. The Balaban J connectivity index is 2.14. The van der Waals surface area contributed by atoms with E-state index in [2.05, 4.69) is 20.9 Å². The van der Waals surface area contributed by atoms with E-state index in [1.54, 1.807) is 35.6 Å². The SMILES string of the molecule is Cn1c(=O)cc(Sc2ccc(Br)cc2)c2cccnc21. The molecule has 0 saturated heterocycles. The third-order valence-corrected chi connectivity index (χ3v) is 4.59. The van der Waals surface area contributed by atoms with Gasteiger partial charge in [-0.25, -0.2) is 4.98 Å². The molecule has 0 bridgehead atoms. The Morgan fingerprint density at radius 2 is 1.95 bits per heavy atom. The van der Waals surface area contributed by atoms with Gasteiger partial charge in [-0.05, 0) is 36.4 Å². The van der Waals surface area contributed by atoms with Gasteiger partial charge >= 0.3 is 0 Å². The average Bonchev–Trinajstić information content (AvgIpc) is 2.47. The van der Waals surface area contributed by atoms with Gasteiger partial charge in [0.25, 0.3) is 5.56 Å². The molecular formula is C15H11BrN2OS. The molecule has 100 valence electrons. The van der Waals surface area contributed by atoms with Gasteiger partial charge in [-0.3, -0.25) is 9.36 Å². The predicted octanol–water partition coefficient (Wildman–Crippen LogP) is 3.85. The molecule has 0 unspecified atom stereocenters. The monoisotopic (exact) mass is 346 g/mol. The molecular weight excluding hydrogens is 336 g/mol. The van der Waals surface area contributed by atoms with Crippen LogP contribution in [0.5, 0.6) is 0 Å². The summed E-state index contributed by atoms with van der Waals surface area (Å²) in [4.78, 5) is 18.3. The van der Waals surface area contributed by atoms with Crippen molar-refractivity contribution in [2.75, 3.05) is 0 Å². The minimum Gasteiger partial charge on any atom is -0.296 e. The third-order valence-electron chi connectivity index (χ3n) is 3.00. The molecule has 0 amide bonds. The molecule has 20 heavy (non-hydrogen) atoms. The minimum absolute atomic E-state index is 0.0455. The topological polar surface area (TPSA) is 34.9 Å². The highest BCUT2D eigenvalue weighted by Gasteiger charge is 2.08. The molecule has 0 atom stereocenters. The zero-order valence-corrected chi connectivity index (χ0v) is 13.1. The second-order valence-electron chi connectivity index (χ2n) is 4.34. The van der Waals surface area contributed by atoms with Crippen molar-refractivity contribution in [2.24, 2.45) is 7.05 Å². The zero-order chi connectivity index (χ0) is 14.1. The quantitative estimate of drug-likeness (QED) is 0.706. The van der Waals surface area contributed by atoms with E-state index in [0.717, 1.165) is 19.6 Å². The molecule has 3 rings (SSSR count). The third kappa shape index (κ3) is 2.51. The lowest BCUT2D eigenvalue weighted by Crippen LogP contribution is -2.16.